The summed E-state index contributed by atoms with van der Waals surface area (Å²) in [5.74, 6) is -13.5. The van der Waals surface area contributed by atoms with Crippen LogP contribution in [0, 0.1) is 35.0 Å². The van der Waals surface area contributed by atoms with Gasteiger partial charge in [-0.15, -0.1) is 0 Å². The molecule has 0 radical (unpaired) electrons. The number of rotatable bonds is 28. The molecule has 0 aliphatic carbocycles. The quantitative estimate of drug-likeness (QED) is 0.0338. The molecule has 1 unspecified atom stereocenters. The van der Waals surface area contributed by atoms with Crippen molar-refractivity contribution in [3.63, 3.8) is 0 Å². The maximum absolute atomic E-state index is 13.5. The van der Waals surface area contributed by atoms with E-state index in [1.807, 2.05) is 0 Å². The Morgan fingerprint density at radius 2 is 0.814 bits per heavy atom. The van der Waals surface area contributed by atoms with Gasteiger partial charge < -0.3 is 42.6 Å². The zero-order chi connectivity index (χ0) is 31.7. The van der Waals surface area contributed by atoms with Gasteiger partial charge >= 0.3 is 5.97 Å². The van der Waals surface area contributed by atoms with E-state index in [1.54, 1.807) is 0 Å². The summed E-state index contributed by atoms with van der Waals surface area (Å²) in [7, 11) is 0. The maximum atomic E-state index is 13.5. The highest BCUT2D eigenvalue weighted by Gasteiger charge is 2.28. The Bertz CT molecular complexity index is 852. The highest BCUT2D eigenvalue weighted by molar-refractivity contribution is 5.72. The molecule has 1 aromatic rings. The summed E-state index contributed by atoms with van der Waals surface area (Å²) in [6.45, 7) is 10.4. The monoisotopic (exact) mass is 634 g/mol. The van der Waals surface area contributed by atoms with Crippen molar-refractivity contribution in [2.75, 3.05) is 106 Å². The Hall–Kier alpha value is -1.98. The molecule has 1 aromatic carbocycles. The number of hydrogen-bond acceptors (Lipinski definition) is 10. The van der Waals surface area contributed by atoms with Crippen molar-refractivity contribution in [1.82, 2.24) is 0 Å². The van der Waals surface area contributed by atoms with Crippen LogP contribution in [0.15, 0.2) is 0 Å². The molecule has 0 saturated carbocycles. The molecule has 10 nitrogen and oxygen atoms in total. The van der Waals surface area contributed by atoms with Crippen LogP contribution >= 0.6 is 0 Å². The van der Waals surface area contributed by atoms with E-state index >= 15 is 0 Å². The van der Waals surface area contributed by atoms with Gasteiger partial charge in [-0.2, -0.15) is 8.78 Å². The van der Waals surface area contributed by atoms with Gasteiger partial charge in [0.25, 0.3) is 0 Å². The van der Waals surface area contributed by atoms with Crippen LogP contribution in [0.25, 0.3) is 0 Å². The topological polar surface area (TPSA) is 100 Å². The second-order valence-electron chi connectivity index (χ2n) is 9.00. The van der Waals surface area contributed by atoms with Crippen LogP contribution in [0.4, 0.5) is 22.0 Å². The first-order valence-electron chi connectivity index (χ1n) is 14.1. The highest BCUT2D eigenvalue weighted by atomic mass is 19.2. The number of ether oxygens (including phenoxy) is 9. The van der Waals surface area contributed by atoms with Gasteiger partial charge in [0.2, 0.25) is 34.8 Å². The molecule has 0 aromatic heterocycles. The van der Waals surface area contributed by atoms with E-state index in [2.05, 4.69) is 18.6 Å². The van der Waals surface area contributed by atoms with Crippen molar-refractivity contribution in [3.8, 4) is 5.75 Å². The molecule has 1 rings (SSSR count). The van der Waals surface area contributed by atoms with Crippen LogP contribution in [0.1, 0.15) is 26.7 Å². The minimum atomic E-state index is -2.34. The summed E-state index contributed by atoms with van der Waals surface area (Å²) in [4.78, 5) is 11.6. The Balaban J connectivity index is 1.81. The van der Waals surface area contributed by atoms with Gasteiger partial charge in [0, 0.05) is 6.61 Å². The molecule has 0 amide bonds. The summed E-state index contributed by atoms with van der Waals surface area (Å²) >= 11 is 0. The van der Waals surface area contributed by atoms with Crippen LogP contribution in [0.3, 0.4) is 0 Å². The third-order valence-corrected chi connectivity index (χ3v) is 5.54. The molecule has 0 heterocycles. The van der Waals surface area contributed by atoms with E-state index < -0.39 is 47.2 Å². The summed E-state index contributed by atoms with van der Waals surface area (Å²) in [6.07, 6.45) is 0.622. The van der Waals surface area contributed by atoms with Crippen molar-refractivity contribution >= 4 is 5.97 Å². The number of hydrogen-bond donors (Lipinski definition) is 0. The molecule has 0 saturated heterocycles. The van der Waals surface area contributed by atoms with Gasteiger partial charge in [0.15, 0.2) is 0 Å². The van der Waals surface area contributed by atoms with Gasteiger partial charge in [0.05, 0.1) is 106 Å². The van der Waals surface area contributed by atoms with Gasteiger partial charge in [-0.25, -0.2) is 13.2 Å². The van der Waals surface area contributed by atoms with Crippen molar-refractivity contribution in [2.45, 2.75) is 26.7 Å². The van der Waals surface area contributed by atoms with Crippen molar-refractivity contribution in [3.05, 3.63) is 29.1 Å². The van der Waals surface area contributed by atoms with Crippen LogP contribution in [0.5, 0.6) is 5.75 Å². The van der Waals surface area contributed by atoms with E-state index in [9.17, 15) is 26.7 Å². The first kappa shape index (κ1) is 39.0. The summed E-state index contributed by atoms with van der Waals surface area (Å²) in [5, 5.41) is 0. The molecule has 250 valence electrons. The fourth-order valence-electron chi connectivity index (χ4n) is 2.94. The fourth-order valence-corrected chi connectivity index (χ4v) is 2.94. The molecular weight excluding hydrogens is 591 g/mol. The van der Waals surface area contributed by atoms with Crippen molar-refractivity contribution in [1.29, 1.82) is 0 Å². The van der Waals surface area contributed by atoms with E-state index in [4.69, 9.17) is 37.9 Å². The normalized spacial score (nSPS) is 12.2. The molecule has 0 bridgehead atoms. The zero-order valence-electron chi connectivity index (χ0n) is 24.8. The summed E-state index contributed by atoms with van der Waals surface area (Å²) in [5.41, 5.74) is 0. The predicted molar refractivity (Wildman–Crippen MR) is 142 cm³/mol. The number of halogens is 5. The Morgan fingerprint density at radius 1 is 0.512 bits per heavy atom. The van der Waals surface area contributed by atoms with Crippen LogP contribution in [-0.2, 0) is 42.7 Å². The number of esters is 1. The van der Waals surface area contributed by atoms with E-state index in [0.29, 0.717) is 78.6 Å². The molecular formula is C28H43F5O10. The van der Waals surface area contributed by atoms with Gasteiger partial charge in [0.1, 0.15) is 0 Å². The van der Waals surface area contributed by atoms with Crippen LogP contribution in [0.2, 0.25) is 0 Å². The lowest BCUT2D eigenvalue weighted by molar-refractivity contribution is -0.136. The van der Waals surface area contributed by atoms with Crippen LogP contribution < -0.4 is 4.74 Å². The smallest absolute Gasteiger partial charge is 0.313 e. The first-order chi connectivity index (χ1) is 20.8. The molecule has 0 spiro atoms. The fraction of sp³-hybridized carbons (Fsp3) is 0.750. The van der Waals surface area contributed by atoms with Gasteiger partial charge in [-0.05, 0) is 5.92 Å². The van der Waals surface area contributed by atoms with E-state index in [1.165, 1.54) is 0 Å². The zero-order valence-corrected chi connectivity index (χ0v) is 24.8. The molecule has 15 heteroatoms. The molecule has 0 aliphatic heterocycles. The lowest BCUT2D eigenvalue weighted by atomic mass is 10.1. The molecule has 0 fully saturated rings. The van der Waals surface area contributed by atoms with Crippen molar-refractivity contribution in [2.24, 2.45) is 5.92 Å². The lowest BCUT2D eigenvalue weighted by Gasteiger charge is -2.10. The highest BCUT2D eigenvalue weighted by Crippen LogP contribution is 2.29. The molecule has 1 atom stereocenters. The van der Waals surface area contributed by atoms with E-state index in [0.717, 1.165) is 13.0 Å². The summed E-state index contributed by atoms with van der Waals surface area (Å²) in [6, 6.07) is 0. The lowest BCUT2D eigenvalue weighted by Crippen LogP contribution is -2.16. The Kier molecular flexibility index (Phi) is 23.0. The summed E-state index contributed by atoms with van der Waals surface area (Å²) < 4.78 is 113. The third kappa shape index (κ3) is 18.4. The van der Waals surface area contributed by atoms with Crippen molar-refractivity contribution < 1.29 is 69.4 Å². The van der Waals surface area contributed by atoms with Gasteiger partial charge in [-0.3, -0.25) is 4.79 Å². The number of carbonyl (C=O) groups is 1. The number of carbonyl (C=O) groups excluding carboxylic acids is 1. The SMILES string of the molecule is CCC(C)COCCOCCOCCOCCOCCOCCOCCOCCC(=O)Oc1c(F)c(F)c(F)c(F)c1F. The second-order valence-corrected chi connectivity index (χ2v) is 9.00. The van der Waals surface area contributed by atoms with Gasteiger partial charge in [-0.1, -0.05) is 20.3 Å². The largest absolute Gasteiger partial charge is 0.420 e. The Labute approximate surface area is 248 Å². The molecule has 0 N–H and O–H groups in total. The van der Waals surface area contributed by atoms with Crippen LogP contribution in [-0.4, -0.2) is 112 Å². The number of benzene rings is 1. The molecule has 0 aliphatic rings. The maximum Gasteiger partial charge on any atom is 0.313 e. The second kappa shape index (κ2) is 25.4. The average Bonchev–Trinajstić information content (AvgIpc) is 3.00. The minimum absolute atomic E-state index is 0.0891. The predicted octanol–water partition coefficient (Wildman–Crippen LogP) is 3.86. The standard InChI is InChI=1S/C28H43F5O10/c1-3-21(2)20-42-19-18-41-17-16-40-15-14-39-13-12-38-11-10-37-9-8-36-7-6-35-5-4-22(34)43-28-26(32)24(30)23(29)25(31)27(28)33/h21H,3-20H2,1-2H3. The Morgan fingerprint density at radius 3 is 1.16 bits per heavy atom. The van der Waals surface area contributed by atoms with E-state index in [-0.39, 0.29) is 26.4 Å². The average molecular weight is 635 g/mol. The first-order valence-corrected chi connectivity index (χ1v) is 14.1. The molecule has 43 heavy (non-hydrogen) atoms. The minimum Gasteiger partial charge on any atom is -0.420 e. The third-order valence-electron chi connectivity index (χ3n) is 5.54.